The van der Waals surface area contributed by atoms with Crippen molar-refractivity contribution in [1.82, 2.24) is 9.80 Å². The van der Waals surface area contributed by atoms with Crippen molar-refractivity contribution in [3.8, 4) is 5.75 Å². The molecule has 1 heterocycles. The zero-order chi connectivity index (χ0) is 23.5. The fraction of sp³-hybridized carbons (Fsp3) is 0.435. The smallest absolute Gasteiger partial charge is 0.416 e. The van der Waals surface area contributed by atoms with Crippen LogP contribution in [0.15, 0.2) is 46.9 Å². The molecule has 3 rings (SSSR count). The van der Waals surface area contributed by atoms with Crippen molar-refractivity contribution in [2.45, 2.75) is 38.7 Å². The molecule has 5 nitrogen and oxygen atoms in total. The lowest BCUT2D eigenvalue weighted by molar-refractivity contribution is -0.152. The quantitative estimate of drug-likeness (QED) is 0.561. The summed E-state index contributed by atoms with van der Waals surface area (Å²) in [5.41, 5.74) is -0.00284. The predicted octanol–water partition coefficient (Wildman–Crippen LogP) is 5.03. The van der Waals surface area contributed by atoms with E-state index in [-0.39, 0.29) is 0 Å². The predicted molar refractivity (Wildman–Crippen MR) is 118 cm³/mol. The molecular weight excluding hydrogens is 489 g/mol. The largest absolute Gasteiger partial charge is 0.478 e. The van der Waals surface area contributed by atoms with Gasteiger partial charge in [0.1, 0.15) is 5.75 Å². The zero-order valence-corrected chi connectivity index (χ0v) is 19.5. The first-order valence-electron chi connectivity index (χ1n) is 10.3. The molecule has 0 bridgehead atoms. The minimum atomic E-state index is -4.31. The molecule has 2 aromatic rings. The Bertz CT molecular complexity index is 940. The third-order valence-electron chi connectivity index (χ3n) is 5.43. The van der Waals surface area contributed by atoms with Crippen LogP contribution < -0.4 is 4.74 Å². The minimum absolute atomic E-state index is 0.475. The minimum Gasteiger partial charge on any atom is -0.478 e. The summed E-state index contributed by atoms with van der Waals surface area (Å²) in [5.74, 6) is -0.565. The number of aliphatic carboxylic acids is 1. The topological polar surface area (TPSA) is 53.0 Å². The molecule has 0 saturated carbocycles. The first kappa shape index (κ1) is 24.5. The maximum Gasteiger partial charge on any atom is 0.416 e. The second-order valence-electron chi connectivity index (χ2n) is 8.43. The van der Waals surface area contributed by atoms with E-state index in [1.807, 2.05) is 12.1 Å². The SMILES string of the molecule is CC(C)(Oc1ccc(CN2CCN(Cc3ccc(C(F)(F)F)cc3)CC2)cc1Br)C(=O)O. The summed E-state index contributed by atoms with van der Waals surface area (Å²) in [6.45, 7) is 7.73. The van der Waals surface area contributed by atoms with Gasteiger partial charge in [-0.15, -0.1) is 0 Å². The van der Waals surface area contributed by atoms with Gasteiger partial charge in [-0.2, -0.15) is 13.2 Å². The lowest BCUT2D eigenvalue weighted by atomic mass is 10.1. The van der Waals surface area contributed by atoms with E-state index in [4.69, 9.17) is 4.74 Å². The van der Waals surface area contributed by atoms with Crippen LogP contribution >= 0.6 is 15.9 Å². The summed E-state index contributed by atoms with van der Waals surface area (Å²) in [4.78, 5) is 15.8. The second-order valence-corrected chi connectivity index (χ2v) is 9.28. The Hall–Kier alpha value is -2.10. The monoisotopic (exact) mass is 514 g/mol. The van der Waals surface area contributed by atoms with Crippen LogP contribution in [-0.2, 0) is 24.1 Å². The highest BCUT2D eigenvalue weighted by atomic mass is 79.9. The third kappa shape index (κ3) is 6.46. The van der Waals surface area contributed by atoms with Gasteiger partial charge in [-0.3, -0.25) is 9.80 Å². The zero-order valence-electron chi connectivity index (χ0n) is 18.0. The number of halogens is 4. The molecule has 0 amide bonds. The van der Waals surface area contributed by atoms with Gasteiger partial charge in [0.25, 0.3) is 0 Å². The van der Waals surface area contributed by atoms with Crippen molar-refractivity contribution in [2.24, 2.45) is 0 Å². The molecule has 2 aromatic carbocycles. The molecule has 1 saturated heterocycles. The summed E-state index contributed by atoms with van der Waals surface area (Å²) >= 11 is 3.46. The van der Waals surface area contributed by atoms with Gasteiger partial charge in [-0.05, 0) is 65.2 Å². The van der Waals surface area contributed by atoms with Gasteiger partial charge < -0.3 is 9.84 Å². The fourth-order valence-electron chi connectivity index (χ4n) is 3.47. The van der Waals surface area contributed by atoms with Gasteiger partial charge in [0.2, 0.25) is 0 Å². The number of alkyl halides is 3. The van der Waals surface area contributed by atoms with E-state index in [0.717, 1.165) is 56.0 Å². The molecular formula is C23H26BrF3N2O3. The second kappa shape index (κ2) is 9.80. The molecule has 0 unspecified atom stereocenters. The third-order valence-corrected chi connectivity index (χ3v) is 6.05. The molecule has 174 valence electrons. The van der Waals surface area contributed by atoms with E-state index in [1.54, 1.807) is 18.2 Å². The van der Waals surface area contributed by atoms with Crippen LogP contribution in [-0.4, -0.2) is 52.7 Å². The molecule has 1 fully saturated rings. The maximum atomic E-state index is 12.7. The van der Waals surface area contributed by atoms with E-state index >= 15 is 0 Å². The van der Waals surface area contributed by atoms with Crippen molar-refractivity contribution in [3.63, 3.8) is 0 Å². The van der Waals surface area contributed by atoms with Crippen molar-refractivity contribution < 1.29 is 27.8 Å². The lowest BCUT2D eigenvalue weighted by Crippen LogP contribution is -2.45. The van der Waals surface area contributed by atoms with Gasteiger partial charge in [0.05, 0.1) is 10.0 Å². The number of carboxylic acids is 1. The number of hydrogen-bond acceptors (Lipinski definition) is 4. The van der Waals surface area contributed by atoms with E-state index in [9.17, 15) is 23.1 Å². The molecule has 0 atom stereocenters. The Labute approximate surface area is 193 Å². The highest BCUT2D eigenvalue weighted by Gasteiger charge is 2.31. The average molecular weight is 515 g/mol. The Morgan fingerprint density at radius 1 is 0.969 bits per heavy atom. The van der Waals surface area contributed by atoms with Crippen molar-refractivity contribution >= 4 is 21.9 Å². The van der Waals surface area contributed by atoms with Crippen molar-refractivity contribution in [1.29, 1.82) is 0 Å². The molecule has 9 heteroatoms. The molecule has 1 aliphatic heterocycles. The summed E-state index contributed by atoms with van der Waals surface area (Å²) in [7, 11) is 0. The maximum absolute atomic E-state index is 12.7. The highest BCUT2D eigenvalue weighted by Crippen LogP contribution is 2.31. The van der Waals surface area contributed by atoms with Gasteiger partial charge in [0, 0.05) is 39.3 Å². The molecule has 1 N–H and O–H groups in total. The molecule has 0 spiro atoms. The molecule has 0 aliphatic carbocycles. The normalized spacial score (nSPS) is 16.2. The van der Waals surface area contributed by atoms with Gasteiger partial charge in [-0.1, -0.05) is 18.2 Å². The first-order valence-corrected chi connectivity index (χ1v) is 11.0. The fourth-order valence-corrected chi connectivity index (χ4v) is 3.97. The number of hydrogen-bond donors (Lipinski definition) is 1. The van der Waals surface area contributed by atoms with Crippen LogP contribution in [0.4, 0.5) is 13.2 Å². The summed E-state index contributed by atoms with van der Waals surface area (Å²) in [6, 6.07) is 11.0. The van der Waals surface area contributed by atoms with Crippen LogP contribution in [0, 0.1) is 0 Å². The summed E-state index contributed by atoms with van der Waals surface area (Å²) in [6.07, 6.45) is -4.31. The Morgan fingerprint density at radius 3 is 1.94 bits per heavy atom. The first-order chi connectivity index (χ1) is 14.9. The summed E-state index contributed by atoms with van der Waals surface area (Å²) in [5, 5.41) is 9.23. The number of carbonyl (C=O) groups is 1. The van der Waals surface area contributed by atoms with Crippen LogP contribution in [0.2, 0.25) is 0 Å². The van der Waals surface area contributed by atoms with Crippen molar-refractivity contribution in [3.05, 3.63) is 63.6 Å². The average Bonchev–Trinajstić information content (AvgIpc) is 2.71. The highest BCUT2D eigenvalue weighted by molar-refractivity contribution is 9.10. The van der Waals surface area contributed by atoms with Gasteiger partial charge >= 0.3 is 12.1 Å². The number of carboxylic acid groups (broad SMARTS) is 1. The number of piperazine rings is 1. The number of benzene rings is 2. The lowest BCUT2D eigenvalue weighted by Gasteiger charge is -2.35. The van der Waals surface area contributed by atoms with Gasteiger partial charge in [0.15, 0.2) is 5.60 Å². The van der Waals surface area contributed by atoms with Crippen LogP contribution in [0.25, 0.3) is 0 Å². The van der Waals surface area contributed by atoms with Crippen LogP contribution in [0.3, 0.4) is 0 Å². The standard InChI is InChI=1S/C23H26BrF3N2O3/c1-22(2,21(30)31)32-20-8-5-17(13-19(20)24)15-29-11-9-28(10-12-29)14-16-3-6-18(7-4-16)23(25,26)27/h3-8,13H,9-12,14-15H2,1-2H3,(H,30,31). The van der Waals surface area contributed by atoms with Crippen LogP contribution in [0.1, 0.15) is 30.5 Å². The van der Waals surface area contributed by atoms with Gasteiger partial charge in [-0.25, -0.2) is 4.79 Å². The van der Waals surface area contributed by atoms with E-state index < -0.39 is 23.3 Å². The number of ether oxygens (including phenoxy) is 1. The molecule has 1 aliphatic rings. The van der Waals surface area contributed by atoms with E-state index in [0.29, 0.717) is 16.8 Å². The van der Waals surface area contributed by atoms with Crippen LogP contribution in [0.5, 0.6) is 5.75 Å². The van der Waals surface area contributed by atoms with E-state index in [2.05, 4.69) is 25.7 Å². The van der Waals surface area contributed by atoms with E-state index in [1.165, 1.54) is 13.8 Å². The Balaban J connectivity index is 1.50. The summed E-state index contributed by atoms with van der Waals surface area (Å²) < 4.78 is 44.4. The number of nitrogens with zero attached hydrogens (tertiary/aromatic N) is 2. The Kier molecular flexibility index (Phi) is 7.52. The van der Waals surface area contributed by atoms with Crippen molar-refractivity contribution in [2.75, 3.05) is 26.2 Å². The molecule has 32 heavy (non-hydrogen) atoms. The molecule has 0 aromatic heterocycles. The molecule has 0 radical (unpaired) electrons. The Morgan fingerprint density at radius 2 is 1.47 bits per heavy atom. The number of rotatable bonds is 7.